The van der Waals surface area contributed by atoms with Crippen molar-refractivity contribution in [1.29, 1.82) is 0 Å². The average molecular weight is 549 g/mol. The molecule has 2 N–H and O–H groups in total. The number of amides is 2. The van der Waals surface area contributed by atoms with Gasteiger partial charge in [-0.05, 0) is 63.6 Å². The average Bonchev–Trinajstić information content (AvgIpc) is 3.27. The smallest absolute Gasteiger partial charge is 0.224 e. The summed E-state index contributed by atoms with van der Waals surface area (Å²) in [7, 11) is 5.46. The van der Waals surface area contributed by atoms with Crippen LogP contribution in [0.2, 0.25) is 5.02 Å². The minimum absolute atomic E-state index is 0.0446. The van der Waals surface area contributed by atoms with Gasteiger partial charge in [-0.3, -0.25) is 14.4 Å². The largest absolute Gasteiger partial charge is 0.381 e. The maximum atomic E-state index is 13.5. The second-order valence-corrected chi connectivity index (χ2v) is 11.3. The van der Waals surface area contributed by atoms with E-state index in [1.54, 1.807) is 19.2 Å². The van der Waals surface area contributed by atoms with Crippen LogP contribution in [-0.4, -0.2) is 74.4 Å². The highest BCUT2D eigenvalue weighted by molar-refractivity contribution is 7.18. The van der Waals surface area contributed by atoms with Crippen LogP contribution >= 0.6 is 22.9 Å². The second-order valence-electron chi connectivity index (χ2n) is 9.73. The van der Waals surface area contributed by atoms with Crippen LogP contribution < -0.4 is 10.6 Å². The molecule has 0 aliphatic carbocycles. The number of fused-ring (bicyclic) bond motifs is 1. The number of carbonyl (C=O) groups excluding carboxylic acids is 3. The molecular formula is C27H37ClN4O4S. The molecule has 0 saturated carbocycles. The standard InChI is InChI=1S/C27H37ClN4O4S/c1-29-25(34)15-19(16-26-30-23-8-6-20(28)17-24(23)37-26)27(35)31-22(18-10-13-36-14-11-18)9-7-21(33)5-4-12-32(2)3/h4-6,8,17-19,22H,7,9-16H2,1-3H3,(H,29,34)(H,31,35)/b5-4+/t19-,22+/m0/s1. The minimum atomic E-state index is -0.575. The quantitative estimate of drug-likeness (QED) is 0.371. The van der Waals surface area contributed by atoms with E-state index in [2.05, 4.69) is 15.6 Å². The van der Waals surface area contributed by atoms with Crippen molar-refractivity contribution < 1.29 is 19.1 Å². The summed E-state index contributed by atoms with van der Waals surface area (Å²) >= 11 is 7.60. The lowest BCUT2D eigenvalue weighted by Crippen LogP contribution is -2.46. The zero-order chi connectivity index (χ0) is 26.8. The number of ether oxygens (including phenoxy) is 1. The number of benzene rings is 1. The Labute approximate surface area is 227 Å². The molecule has 1 aliphatic heterocycles. The molecule has 0 unspecified atom stereocenters. The van der Waals surface area contributed by atoms with Crippen LogP contribution in [0.1, 0.15) is 37.1 Å². The van der Waals surface area contributed by atoms with E-state index < -0.39 is 5.92 Å². The first-order valence-corrected chi connectivity index (χ1v) is 13.9. The van der Waals surface area contributed by atoms with Crippen molar-refractivity contribution in [2.75, 3.05) is 40.9 Å². The van der Waals surface area contributed by atoms with Crippen molar-refractivity contribution in [3.8, 4) is 0 Å². The number of allylic oxidation sites excluding steroid dienone is 1. The van der Waals surface area contributed by atoms with Crippen molar-refractivity contribution in [2.45, 2.75) is 44.6 Å². The molecule has 0 radical (unpaired) electrons. The molecule has 3 rings (SSSR count). The van der Waals surface area contributed by atoms with Gasteiger partial charge < -0.3 is 20.3 Å². The molecule has 202 valence electrons. The predicted octanol–water partition coefficient (Wildman–Crippen LogP) is 3.62. The van der Waals surface area contributed by atoms with E-state index in [1.165, 1.54) is 11.3 Å². The zero-order valence-corrected chi connectivity index (χ0v) is 23.4. The molecule has 1 fully saturated rings. The third-order valence-electron chi connectivity index (χ3n) is 6.54. The van der Waals surface area contributed by atoms with Crippen LogP contribution in [0.15, 0.2) is 30.4 Å². The van der Waals surface area contributed by atoms with E-state index in [0.29, 0.717) is 44.0 Å². The number of halogens is 1. The van der Waals surface area contributed by atoms with Gasteiger partial charge in [-0.15, -0.1) is 11.3 Å². The van der Waals surface area contributed by atoms with Gasteiger partial charge in [0.1, 0.15) is 0 Å². The van der Waals surface area contributed by atoms with Crippen molar-refractivity contribution in [3.05, 3.63) is 40.4 Å². The number of carbonyl (C=O) groups is 3. The summed E-state index contributed by atoms with van der Waals surface area (Å²) in [6.45, 7) is 1.98. The Hall–Kier alpha value is -2.33. The molecule has 2 atom stereocenters. The van der Waals surface area contributed by atoms with Gasteiger partial charge in [-0.2, -0.15) is 0 Å². The highest BCUT2D eigenvalue weighted by atomic mass is 35.5. The fourth-order valence-corrected chi connectivity index (χ4v) is 5.77. The number of hydrogen-bond acceptors (Lipinski definition) is 7. The van der Waals surface area contributed by atoms with Gasteiger partial charge in [0.25, 0.3) is 0 Å². The molecule has 0 bridgehead atoms. The highest BCUT2D eigenvalue weighted by Gasteiger charge is 2.30. The van der Waals surface area contributed by atoms with E-state index >= 15 is 0 Å². The summed E-state index contributed by atoms with van der Waals surface area (Å²) in [4.78, 5) is 44.9. The van der Waals surface area contributed by atoms with Crippen molar-refractivity contribution in [1.82, 2.24) is 20.5 Å². The van der Waals surface area contributed by atoms with E-state index in [-0.39, 0.29) is 36.0 Å². The van der Waals surface area contributed by atoms with E-state index in [4.69, 9.17) is 16.3 Å². The lowest BCUT2D eigenvalue weighted by Gasteiger charge is -2.32. The number of hydrogen-bond donors (Lipinski definition) is 2. The van der Waals surface area contributed by atoms with Gasteiger partial charge in [0.2, 0.25) is 11.8 Å². The number of nitrogens with zero attached hydrogens (tertiary/aromatic N) is 2. The summed E-state index contributed by atoms with van der Waals surface area (Å²) in [5.74, 6) is -0.695. The van der Waals surface area contributed by atoms with E-state index in [0.717, 1.165) is 28.1 Å². The lowest BCUT2D eigenvalue weighted by molar-refractivity contribution is -0.131. The number of aromatic nitrogens is 1. The van der Waals surface area contributed by atoms with Crippen LogP contribution in [0.25, 0.3) is 10.2 Å². The molecule has 1 aromatic heterocycles. The first kappa shape index (κ1) is 29.2. The molecule has 0 spiro atoms. The van der Waals surface area contributed by atoms with Gasteiger partial charge in [0.05, 0.1) is 21.1 Å². The number of rotatable bonds is 13. The molecule has 2 heterocycles. The first-order valence-electron chi connectivity index (χ1n) is 12.7. The topological polar surface area (TPSA) is 101 Å². The Bertz CT molecular complexity index is 1100. The van der Waals surface area contributed by atoms with Crippen LogP contribution in [0.5, 0.6) is 0 Å². The monoisotopic (exact) mass is 548 g/mol. The Balaban J connectivity index is 1.72. The summed E-state index contributed by atoms with van der Waals surface area (Å²) in [6.07, 6.45) is 6.45. The molecule has 8 nitrogen and oxygen atoms in total. The Morgan fingerprint density at radius 2 is 2.03 bits per heavy atom. The molecule has 2 aromatic rings. The van der Waals surface area contributed by atoms with Crippen molar-refractivity contribution in [3.63, 3.8) is 0 Å². The van der Waals surface area contributed by atoms with Gasteiger partial charge in [-0.25, -0.2) is 4.98 Å². The molecule has 1 aliphatic rings. The summed E-state index contributed by atoms with van der Waals surface area (Å²) < 4.78 is 6.47. The Kier molecular flexibility index (Phi) is 11.5. The fourth-order valence-electron chi connectivity index (χ4n) is 4.45. The first-order chi connectivity index (χ1) is 17.7. The number of ketones is 1. The third kappa shape index (κ3) is 9.48. The maximum absolute atomic E-state index is 13.5. The highest BCUT2D eigenvalue weighted by Crippen LogP contribution is 2.28. The maximum Gasteiger partial charge on any atom is 0.224 e. The number of likely N-dealkylation sites (N-methyl/N-ethyl adjacent to an activating group) is 1. The molecule has 2 amide bonds. The van der Waals surface area contributed by atoms with Gasteiger partial charge in [0, 0.05) is 57.1 Å². The molecule has 37 heavy (non-hydrogen) atoms. The fraction of sp³-hybridized carbons (Fsp3) is 0.556. The molecular weight excluding hydrogens is 512 g/mol. The summed E-state index contributed by atoms with van der Waals surface area (Å²) in [6, 6.07) is 5.34. The van der Waals surface area contributed by atoms with Gasteiger partial charge in [0.15, 0.2) is 5.78 Å². The van der Waals surface area contributed by atoms with Crippen LogP contribution in [0.4, 0.5) is 0 Å². The summed E-state index contributed by atoms with van der Waals surface area (Å²) in [5, 5.41) is 7.25. The van der Waals surface area contributed by atoms with Crippen molar-refractivity contribution in [2.24, 2.45) is 11.8 Å². The van der Waals surface area contributed by atoms with E-state index in [9.17, 15) is 14.4 Å². The van der Waals surface area contributed by atoms with Crippen LogP contribution in [0.3, 0.4) is 0 Å². The van der Waals surface area contributed by atoms with Gasteiger partial charge in [-0.1, -0.05) is 17.7 Å². The summed E-state index contributed by atoms with van der Waals surface area (Å²) in [5.41, 5.74) is 0.824. The van der Waals surface area contributed by atoms with Gasteiger partial charge >= 0.3 is 0 Å². The predicted molar refractivity (Wildman–Crippen MR) is 148 cm³/mol. The molecule has 10 heteroatoms. The third-order valence-corrected chi connectivity index (χ3v) is 7.81. The lowest BCUT2D eigenvalue weighted by atomic mass is 9.87. The van der Waals surface area contributed by atoms with E-state index in [1.807, 2.05) is 37.2 Å². The van der Waals surface area contributed by atoms with Crippen molar-refractivity contribution >= 4 is 50.8 Å². The number of nitrogens with one attached hydrogen (secondary N) is 2. The Morgan fingerprint density at radius 1 is 1.27 bits per heavy atom. The number of thiazole rings is 1. The van der Waals surface area contributed by atoms with Crippen LogP contribution in [0, 0.1) is 11.8 Å². The molecule has 1 aromatic carbocycles. The van der Waals surface area contributed by atoms with Crippen LogP contribution in [-0.2, 0) is 25.5 Å². The zero-order valence-electron chi connectivity index (χ0n) is 21.8. The SMILES string of the molecule is CNC(=O)C[C@@H](Cc1nc2ccc(Cl)cc2s1)C(=O)N[C@H](CCC(=O)/C=C/CN(C)C)C1CCOCC1. The Morgan fingerprint density at radius 3 is 2.73 bits per heavy atom. The molecule has 1 saturated heterocycles. The normalized spacial score (nSPS) is 16.2. The second kappa shape index (κ2) is 14.6. The minimum Gasteiger partial charge on any atom is -0.381 e.